The smallest absolute Gasteiger partial charge is 0.271 e. The highest BCUT2D eigenvalue weighted by Gasteiger charge is 2.30. The van der Waals surface area contributed by atoms with Crippen LogP contribution in [0.4, 0.5) is 0 Å². The Labute approximate surface area is 106 Å². The maximum atomic E-state index is 12.1. The molecule has 94 valence electrons. The van der Waals surface area contributed by atoms with Gasteiger partial charge in [0, 0.05) is 18.0 Å². The van der Waals surface area contributed by atoms with E-state index in [1.54, 1.807) is 7.11 Å². The van der Waals surface area contributed by atoms with Crippen LogP contribution in [0.15, 0.2) is 18.2 Å². The van der Waals surface area contributed by atoms with Crippen molar-refractivity contribution in [3.8, 4) is 5.75 Å². The summed E-state index contributed by atoms with van der Waals surface area (Å²) < 4.78 is 7.56. The fourth-order valence-electron chi connectivity index (χ4n) is 2.79. The molecule has 0 spiro atoms. The Kier molecular flexibility index (Phi) is 2.33. The van der Waals surface area contributed by atoms with Gasteiger partial charge in [0.05, 0.1) is 12.6 Å². The van der Waals surface area contributed by atoms with Gasteiger partial charge in [-0.25, -0.2) is 0 Å². The first kappa shape index (κ1) is 11.1. The van der Waals surface area contributed by atoms with Gasteiger partial charge >= 0.3 is 0 Å². The third-order valence-electron chi connectivity index (χ3n) is 3.60. The molecule has 0 saturated carbocycles. The number of nitrogens with zero attached hydrogens (tertiary/aromatic N) is 1. The zero-order valence-electron chi connectivity index (χ0n) is 10.8. The summed E-state index contributed by atoms with van der Waals surface area (Å²) in [6.45, 7) is 4.83. The van der Waals surface area contributed by atoms with E-state index in [2.05, 4.69) is 29.8 Å². The number of carbonyl (C=O) groups is 1. The standard InChI is InChI=1S/C14H16N2O2/c1-8-5-4-6-10-11(8)16-9(2)7-15-14(17)12(16)13(10)18-3/h4-6,9H,7H2,1-3H3,(H,15,17). The Morgan fingerprint density at radius 3 is 2.94 bits per heavy atom. The van der Waals surface area contributed by atoms with E-state index in [9.17, 15) is 4.79 Å². The van der Waals surface area contributed by atoms with Gasteiger partial charge < -0.3 is 14.6 Å². The number of hydrogen-bond donors (Lipinski definition) is 1. The molecule has 1 unspecified atom stereocenters. The van der Waals surface area contributed by atoms with Crippen molar-refractivity contribution < 1.29 is 9.53 Å². The van der Waals surface area contributed by atoms with Crippen molar-refractivity contribution in [3.05, 3.63) is 29.5 Å². The number of fused-ring (bicyclic) bond motifs is 3. The van der Waals surface area contributed by atoms with Crippen molar-refractivity contribution in [3.63, 3.8) is 0 Å². The van der Waals surface area contributed by atoms with Crippen LogP contribution in [0.5, 0.6) is 5.75 Å². The molecule has 1 atom stereocenters. The summed E-state index contributed by atoms with van der Waals surface area (Å²) in [7, 11) is 1.62. The first-order chi connectivity index (χ1) is 8.65. The fraction of sp³-hybridized carbons (Fsp3) is 0.357. The lowest BCUT2D eigenvalue weighted by atomic mass is 10.1. The molecule has 0 saturated heterocycles. The minimum Gasteiger partial charge on any atom is -0.494 e. The summed E-state index contributed by atoms with van der Waals surface area (Å²) in [6.07, 6.45) is 0. The van der Waals surface area contributed by atoms with Crippen LogP contribution in [0, 0.1) is 6.92 Å². The third kappa shape index (κ3) is 1.29. The Hall–Kier alpha value is -1.97. The van der Waals surface area contributed by atoms with Crippen LogP contribution in [0.3, 0.4) is 0 Å². The first-order valence-corrected chi connectivity index (χ1v) is 6.11. The van der Waals surface area contributed by atoms with Crippen molar-refractivity contribution in [1.29, 1.82) is 0 Å². The molecule has 4 nitrogen and oxygen atoms in total. The average molecular weight is 244 g/mol. The number of rotatable bonds is 1. The molecule has 1 aromatic heterocycles. The molecule has 1 N–H and O–H groups in total. The molecule has 0 fully saturated rings. The number of methoxy groups -OCH3 is 1. The van der Waals surface area contributed by atoms with Gasteiger partial charge in [-0.05, 0) is 25.5 Å². The zero-order valence-corrected chi connectivity index (χ0v) is 10.8. The largest absolute Gasteiger partial charge is 0.494 e. The SMILES string of the molecule is COc1c2n(c3c(C)cccc13)C(C)CNC2=O. The number of hydrogen-bond acceptors (Lipinski definition) is 2. The van der Waals surface area contributed by atoms with Gasteiger partial charge in [-0.1, -0.05) is 12.1 Å². The molecule has 1 aromatic carbocycles. The molecule has 4 heteroatoms. The van der Waals surface area contributed by atoms with E-state index in [1.807, 2.05) is 12.1 Å². The number of amides is 1. The molecule has 1 amide bonds. The summed E-state index contributed by atoms with van der Waals surface area (Å²) in [6, 6.07) is 6.31. The lowest BCUT2D eigenvalue weighted by molar-refractivity contribution is 0.0915. The fourth-order valence-corrected chi connectivity index (χ4v) is 2.79. The predicted molar refractivity (Wildman–Crippen MR) is 70.3 cm³/mol. The predicted octanol–water partition coefficient (Wildman–Crippen LogP) is 2.26. The summed E-state index contributed by atoms with van der Waals surface area (Å²) in [5.41, 5.74) is 2.91. The minimum absolute atomic E-state index is 0.0550. The number of benzene rings is 1. The number of aromatic nitrogens is 1. The Balaban J connectivity index is 2.49. The highest BCUT2D eigenvalue weighted by molar-refractivity contribution is 6.05. The second-order valence-electron chi connectivity index (χ2n) is 4.78. The van der Waals surface area contributed by atoms with Crippen molar-refractivity contribution in [2.75, 3.05) is 13.7 Å². The number of nitrogens with one attached hydrogen (secondary N) is 1. The molecule has 1 aliphatic heterocycles. The highest BCUT2D eigenvalue weighted by Crippen LogP contribution is 2.38. The topological polar surface area (TPSA) is 43.3 Å². The summed E-state index contributed by atoms with van der Waals surface area (Å²) in [5.74, 6) is 0.623. The number of para-hydroxylation sites is 1. The molecule has 0 aliphatic carbocycles. The summed E-state index contributed by atoms with van der Waals surface area (Å²) in [5, 5.41) is 3.91. The van der Waals surface area contributed by atoms with E-state index < -0.39 is 0 Å². The average Bonchev–Trinajstić information content (AvgIpc) is 2.71. The van der Waals surface area contributed by atoms with Gasteiger partial charge in [-0.15, -0.1) is 0 Å². The van der Waals surface area contributed by atoms with E-state index >= 15 is 0 Å². The van der Waals surface area contributed by atoms with Crippen molar-refractivity contribution >= 4 is 16.8 Å². The molecule has 0 bridgehead atoms. The van der Waals surface area contributed by atoms with E-state index in [0.29, 0.717) is 18.0 Å². The molecular weight excluding hydrogens is 228 g/mol. The third-order valence-corrected chi connectivity index (χ3v) is 3.60. The van der Waals surface area contributed by atoms with Crippen molar-refractivity contribution in [2.45, 2.75) is 19.9 Å². The zero-order chi connectivity index (χ0) is 12.9. The molecule has 18 heavy (non-hydrogen) atoms. The van der Waals surface area contributed by atoms with Gasteiger partial charge in [-0.3, -0.25) is 4.79 Å². The first-order valence-electron chi connectivity index (χ1n) is 6.11. The lowest BCUT2D eigenvalue weighted by Gasteiger charge is -2.24. The van der Waals surface area contributed by atoms with Crippen LogP contribution in [-0.2, 0) is 0 Å². The van der Waals surface area contributed by atoms with E-state index in [1.165, 1.54) is 5.56 Å². The van der Waals surface area contributed by atoms with Crippen LogP contribution in [-0.4, -0.2) is 24.1 Å². The molecule has 2 heterocycles. The van der Waals surface area contributed by atoms with Gasteiger partial charge in [-0.2, -0.15) is 0 Å². The van der Waals surface area contributed by atoms with Crippen LogP contribution >= 0.6 is 0 Å². The maximum absolute atomic E-state index is 12.1. The van der Waals surface area contributed by atoms with Gasteiger partial charge in [0.25, 0.3) is 5.91 Å². The van der Waals surface area contributed by atoms with Crippen molar-refractivity contribution in [2.24, 2.45) is 0 Å². The minimum atomic E-state index is -0.0550. The highest BCUT2D eigenvalue weighted by atomic mass is 16.5. The molecular formula is C14H16N2O2. The summed E-state index contributed by atoms with van der Waals surface area (Å²) in [4.78, 5) is 12.1. The van der Waals surface area contributed by atoms with Crippen LogP contribution in [0.2, 0.25) is 0 Å². The Morgan fingerprint density at radius 1 is 1.44 bits per heavy atom. The van der Waals surface area contributed by atoms with Crippen LogP contribution in [0.25, 0.3) is 10.9 Å². The van der Waals surface area contributed by atoms with Crippen LogP contribution < -0.4 is 10.1 Å². The van der Waals surface area contributed by atoms with Crippen LogP contribution in [0.1, 0.15) is 29.0 Å². The van der Waals surface area contributed by atoms with Gasteiger partial charge in [0.1, 0.15) is 0 Å². The lowest BCUT2D eigenvalue weighted by Crippen LogP contribution is -2.37. The van der Waals surface area contributed by atoms with E-state index in [4.69, 9.17) is 4.74 Å². The van der Waals surface area contributed by atoms with Gasteiger partial charge in [0.2, 0.25) is 0 Å². The molecule has 1 aliphatic rings. The second-order valence-corrected chi connectivity index (χ2v) is 4.78. The Morgan fingerprint density at radius 2 is 2.22 bits per heavy atom. The summed E-state index contributed by atoms with van der Waals surface area (Å²) >= 11 is 0. The monoisotopic (exact) mass is 244 g/mol. The normalized spacial score (nSPS) is 18.6. The number of carbonyl (C=O) groups excluding carboxylic acids is 1. The second kappa shape index (κ2) is 3.77. The molecule has 0 radical (unpaired) electrons. The molecule has 2 aromatic rings. The number of aryl methyl sites for hydroxylation is 1. The number of ether oxygens (including phenoxy) is 1. The molecule has 3 rings (SSSR count). The quantitative estimate of drug-likeness (QED) is 0.836. The van der Waals surface area contributed by atoms with E-state index in [-0.39, 0.29) is 11.9 Å². The van der Waals surface area contributed by atoms with Crippen molar-refractivity contribution in [1.82, 2.24) is 9.88 Å². The van der Waals surface area contributed by atoms with E-state index in [0.717, 1.165) is 10.9 Å². The maximum Gasteiger partial charge on any atom is 0.271 e. The Bertz CT molecular complexity index is 643. The van der Waals surface area contributed by atoms with Gasteiger partial charge in [0.15, 0.2) is 11.4 Å².